The third-order valence-corrected chi connectivity index (χ3v) is 2.95. The van der Waals surface area contributed by atoms with Crippen LogP contribution in [-0.2, 0) is 0 Å². The molecule has 0 atom stereocenters. The van der Waals surface area contributed by atoms with Gasteiger partial charge < -0.3 is 0 Å². The fraction of sp³-hybridized carbons (Fsp3) is 0.125. The highest BCUT2D eigenvalue weighted by Gasteiger charge is 2.10. The predicted octanol–water partition coefficient (Wildman–Crippen LogP) is 3.74. The normalized spacial score (nSPS) is 10.0. The molecule has 4 heteroatoms. The van der Waals surface area contributed by atoms with Gasteiger partial charge in [-0.25, -0.2) is 0 Å². The van der Waals surface area contributed by atoms with E-state index in [0.717, 1.165) is 13.6 Å². The second kappa shape index (κ2) is 4.07. The number of halogens is 3. The number of hydrogen-bond donors (Lipinski definition) is 0. The first-order valence-electron chi connectivity index (χ1n) is 3.18. The fourth-order valence-corrected chi connectivity index (χ4v) is 3.37. The molecule has 1 aromatic rings. The summed E-state index contributed by atoms with van der Waals surface area (Å²) < 4.78 is 1.84. The summed E-state index contributed by atoms with van der Waals surface area (Å²) in [5.74, 6) is 0. The lowest BCUT2D eigenvalue weighted by Gasteiger charge is -2.03. The quantitative estimate of drug-likeness (QED) is 0.551. The van der Waals surface area contributed by atoms with Gasteiger partial charge >= 0.3 is 0 Å². The molecular formula is C8H5BrClIO. The van der Waals surface area contributed by atoms with Crippen molar-refractivity contribution in [3.8, 4) is 0 Å². The Kier molecular flexibility index (Phi) is 3.55. The van der Waals surface area contributed by atoms with Crippen molar-refractivity contribution < 1.29 is 4.79 Å². The Morgan fingerprint density at radius 3 is 2.58 bits per heavy atom. The standard InChI is InChI=1S/C8H5BrClIO/c1-4-2-5(9)3-6(11)7(4)8(10)12/h2-3H,1H3. The number of benzene rings is 1. The first kappa shape index (κ1) is 10.5. The van der Waals surface area contributed by atoms with Crippen molar-refractivity contribution >= 4 is 55.4 Å². The summed E-state index contributed by atoms with van der Waals surface area (Å²) in [6, 6.07) is 3.74. The minimum atomic E-state index is -0.399. The summed E-state index contributed by atoms with van der Waals surface area (Å²) in [5, 5.41) is -0.399. The lowest BCUT2D eigenvalue weighted by molar-refractivity contribution is 0.108. The van der Waals surface area contributed by atoms with Crippen molar-refractivity contribution in [2.45, 2.75) is 6.92 Å². The van der Waals surface area contributed by atoms with Gasteiger partial charge in [0.15, 0.2) is 0 Å². The number of carbonyl (C=O) groups excluding carboxylic acids is 1. The van der Waals surface area contributed by atoms with E-state index in [1.807, 2.05) is 19.1 Å². The van der Waals surface area contributed by atoms with E-state index in [4.69, 9.17) is 11.6 Å². The third kappa shape index (κ3) is 2.20. The van der Waals surface area contributed by atoms with Gasteiger partial charge in [0.25, 0.3) is 5.24 Å². The maximum Gasteiger partial charge on any atom is 0.253 e. The highest BCUT2D eigenvalue weighted by atomic mass is 127. The molecule has 0 radical (unpaired) electrons. The monoisotopic (exact) mass is 358 g/mol. The highest BCUT2D eigenvalue weighted by Crippen LogP contribution is 2.23. The van der Waals surface area contributed by atoms with Crippen molar-refractivity contribution in [1.29, 1.82) is 0 Å². The lowest BCUT2D eigenvalue weighted by atomic mass is 10.1. The van der Waals surface area contributed by atoms with E-state index in [2.05, 4.69) is 38.5 Å². The van der Waals surface area contributed by atoms with E-state index in [1.54, 1.807) is 0 Å². The molecule has 1 nitrogen and oxygen atoms in total. The Labute approximate surface area is 97.8 Å². The zero-order valence-corrected chi connectivity index (χ0v) is 10.7. The van der Waals surface area contributed by atoms with Gasteiger partial charge in [-0.05, 0) is 58.8 Å². The molecule has 0 aliphatic carbocycles. The SMILES string of the molecule is Cc1cc(Br)cc(I)c1C(=O)Cl. The second-order valence-corrected chi connectivity index (χ2v) is 4.77. The molecule has 1 rings (SSSR count). The number of hydrogen-bond acceptors (Lipinski definition) is 1. The van der Waals surface area contributed by atoms with Gasteiger partial charge in [0.05, 0.1) is 5.56 Å². The molecule has 64 valence electrons. The Bertz CT molecular complexity index is 315. The Morgan fingerprint density at radius 1 is 1.58 bits per heavy atom. The van der Waals surface area contributed by atoms with E-state index in [-0.39, 0.29) is 0 Å². The van der Waals surface area contributed by atoms with Gasteiger partial charge in [-0.2, -0.15) is 0 Å². The third-order valence-electron chi connectivity index (χ3n) is 1.45. The molecule has 0 unspecified atom stereocenters. The Morgan fingerprint density at radius 2 is 2.17 bits per heavy atom. The van der Waals surface area contributed by atoms with Crippen LogP contribution in [0.3, 0.4) is 0 Å². The van der Waals surface area contributed by atoms with Crippen LogP contribution in [0.2, 0.25) is 0 Å². The largest absolute Gasteiger partial charge is 0.276 e. The van der Waals surface area contributed by atoms with Crippen LogP contribution in [-0.4, -0.2) is 5.24 Å². The van der Waals surface area contributed by atoms with E-state index in [9.17, 15) is 4.79 Å². The molecule has 0 amide bonds. The van der Waals surface area contributed by atoms with Crippen LogP contribution in [0.1, 0.15) is 15.9 Å². The zero-order chi connectivity index (χ0) is 9.30. The highest BCUT2D eigenvalue weighted by molar-refractivity contribution is 14.1. The summed E-state index contributed by atoms with van der Waals surface area (Å²) in [7, 11) is 0. The van der Waals surface area contributed by atoms with E-state index in [0.29, 0.717) is 5.56 Å². The molecule has 0 bridgehead atoms. The van der Waals surface area contributed by atoms with E-state index in [1.165, 1.54) is 0 Å². The van der Waals surface area contributed by atoms with Crippen molar-refractivity contribution in [2.75, 3.05) is 0 Å². The van der Waals surface area contributed by atoms with Gasteiger partial charge in [-0.15, -0.1) is 0 Å². The summed E-state index contributed by atoms with van der Waals surface area (Å²) in [6.45, 7) is 1.86. The van der Waals surface area contributed by atoms with Gasteiger partial charge in [-0.1, -0.05) is 15.9 Å². The van der Waals surface area contributed by atoms with Crippen LogP contribution in [0.5, 0.6) is 0 Å². The van der Waals surface area contributed by atoms with Gasteiger partial charge in [-0.3, -0.25) is 4.79 Å². The lowest BCUT2D eigenvalue weighted by Crippen LogP contribution is -1.97. The van der Waals surface area contributed by atoms with E-state index >= 15 is 0 Å². The van der Waals surface area contributed by atoms with Crippen LogP contribution in [0.15, 0.2) is 16.6 Å². The average Bonchev–Trinajstić information content (AvgIpc) is 1.82. The average molecular weight is 359 g/mol. The summed E-state index contributed by atoms with van der Waals surface area (Å²) in [5.41, 5.74) is 1.49. The Hall–Kier alpha value is 0.390. The maximum atomic E-state index is 10.9. The first-order valence-corrected chi connectivity index (χ1v) is 5.43. The molecule has 0 N–H and O–H groups in total. The van der Waals surface area contributed by atoms with Crippen LogP contribution >= 0.6 is 50.1 Å². The van der Waals surface area contributed by atoms with Gasteiger partial charge in [0.2, 0.25) is 0 Å². The Balaban J connectivity index is 3.38. The topological polar surface area (TPSA) is 17.1 Å². The van der Waals surface area contributed by atoms with Crippen LogP contribution in [0, 0.1) is 10.5 Å². The molecule has 0 spiro atoms. The van der Waals surface area contributed by atoms with Crippen molar-refractivity contribution in [3.05, 3.63) is 31.3 Å². The van der Waals surface area contributed by atoms with Crippen molar-refractivity contribution in [3.63, 3.8) is 0 Å². The molecule has 0 aliphatic rings. The van der Waals surface area contributed by atoms with Crippen LogP contribution < -0.4 is 0 Å². The number of rotatable bonds is 1. The molecule has 0 saturated heterocycles. The summed E-state index contributed by atoms with van der Waals surface area (Å²) in [4.78, 5) is 10.9. The molecule has 0 aliphatic heterocycles. The smallest absolute Gasteiger partial charge is 0.253 e. The molecule has 0 heterocycles. The fourth-order valence-electron chi connectivity index (χ4n) is 0.951. The molecule has 12 heavy (non-hydrogen) atoms. The van der Waals surface area contributed by atoms with Gasteiger partial charge in [0.1, 0.15) is 0 Å². The van der Waals surface area contributed by atoms with Crippen molar-refractivity contribution in [2.24, 2.45) is 0 Å². The number of aryl methyl sites for hydroxylation is 1. The van der Waals surface area contributed by atoms with Crippen molar-refractivity contribution in [1.82, 2.24) is 0 Å². The molecular weight excluding hydrogens is 354 g/mol. The molecule has 0 saturated carbocycles. The van der Waals surface area contributed by atoms with E-state index < -0.39 is 5.24 Å². The van der Waals surface area contributed by atoms with Crippen LogP contribution in [0.4, 0.5) is 0 Å². The summed E-state index contributed by atoms with van der Waals surface area (Å²) >= 11 is 10.8. The molecule has 0 fully saturated rings. The minimum Gasteiger partial charge on any atom is -0.276 e. The first-order chi connectivity index (χ1) is 5.52. The zero-order valence-electron chi connectivity index (χ0n) is 6.20. The number of carbonyl (C=O) groups is 1. The predicted molar refractivity (Wildman–Crippen MR) is 61.8 cm³/mol. The molecule has 1 aromatic carbocycles. The second-order valence-electron chi connectivity index (χ2n) is 2.35. The maximum absolute atomic E-state index is 10.9. The molecule has 0 aromatic heterocycles. The van der Waals surface area contributed by atoms with Crippen LogP contribution in [0.25, 0.3) is 0 Å². The van der Waals surface area contributed by atoms with Gasteiger partial charge in [0, 0.05) is 8.04 Å². The minimum absolute atomic E-state index is 0.399. The summed E-state index contributed by atoms with van der Waals surface area (Å²) in [6.07, 6.45) is 0.